The van der Waals surface area contributed by atoms with Crippen molar-refractivity contribution >= 4 is 40.7 Å². The van der Waals surface area contributed by atoms with Crippen molar-refractivity contribution in [3.8, 4) is 0 Å². The number of nitrogens with one attached hydrogen (secondary N) is 2. The smallest absolute Gasteiger partial charge is 0.251 e. The van der Waals surface area contributed by atoms with Crippen molar-refractivity contribution in [3.05, 3.63) is 29.3 Å². The Morgan fingerprint density at radius 2 is 2.05 bits per heavy atom. The molecule has 1 fully saturated rings. The van der Waals surface area contributed by atoms with Gasteiger partial charge in [0.25, 0.3) is 5.91 Å². The number of carbonyl (C=O) groups is 2. The minimum atomic E-state index is -0.949. The number of aryl methyl sites for hydroxylation is 1. The van der Waals surface area contributed by atoms with Crippen LogP contribution < -0.4 is 10.6 Å². The quantitative estimate of drug-likeness (QED) is 0.840. The third kappa shape index (κ3) is 3.25. The van der Waals surface area contributed by atoms with E-state index in [2.05, 4.69) is 10.6 Å². The van der Waals surface area contributed by atoms with Crippen molar-refractivity contribution in [2.75, 3.05) is 11.9 Å². The molecule has 0 heterocycles. The molecule has 1 saturated carbocycles. The second-order valence-corrected chi connectivity index (χ2v) is 6.44. The molecular weight excluding hydrogens is 299 g/mol. The summed E-state index contributed by atoms with van der Waals surface area (Å²) in [6, 6.07) is 5.17. The van der Waals surface area contributed by atoms with Gasteiger partial charge in [0.1, 0.15) is 4.33 Å². The Kier molecular flexibility index (Phi) is 4.25. The fourth-order valence-electron chi connectivity index (χ4n) is 1.88. The Bertz CT molecular complexity index is 558. The molecule has 2 N–H and O–H groups in total. The van der Waals surface area contributed by atoms with Gasteiger partial charge in [-0.3, -0.25) is 9.59 Å². The van der Waals surface area contributed by atoms with Gasteiger partial charge in [-0.2, -0.15) is 0 Å². The van der Waals surface area contributed by atoms with Crippen LogP contribution in [0.3, 0.4) is 0 Å². The molecule has 20 heavy (non-hydrogen) atoms. The maximum absolute atomic E-state index is 12.0. The van der Waals surface area contributed by atoms with E-state index in [1.165, 1.54) is 0 Å². The summed E-state index contributed by atoms with van der Waals surface area (Å²) in [5, 5.41) is 5.49. The van der Waals surface area contributed by atoms with E-state index < -0.39 is 10.3 Å². The maximum Gasteiger partial charge on any atom is 0.251 e. The number of halogens is 2. The number of anilines is 1. The van der Waals surface area contributed by atoms with E-state index in [0.717, 1.165) is 5.56 Å². The Morgan fingerprint density at radius 3 is 2.60 bits per heavy atom. The van der Waals surface area contributed by atoms with Gasteiger partial charge in [0, 0.05) is 17.8 Å². The second-order valence-electron chi connectivity index (χ2n) is 4.90. The monoisotopic (exact) mass is 314 g/mol. The van der Waals surface area contributed by atoms with Crippen molar-refractivity contribution in [3.63, 3.8) is 0 Å². The molecule has 1 aliphatic carbocycles. The Balaban J connectivity index is 2.13. The molecule has 1 aromatic rings. The lowest BCUT2D eigenvalue weighted by atomic mass is 10.1. The van der Waals surface area contributed by atoms with E-state index in [1.54, 1.807) is 18.2 Å². The molecule has 108 valence electrons. The number of hydrogen-bond acceptors (Lipinski definition) is 2. The first-order chi connectivity index (χ1) is 9.35. The van der Waals surface area contributed by atoms with E-state index in [4.69, 9.17) is 23.2 Å². The summed E-state index contributed by atoms with van der Waals surface area (Å²) < 4.78 is -0.949. The Labute approximate surface area is 127 Å². The van der Waals surface area contributed by atoms with Crippen LogP contribution in [0.1, 0.15) is 29.3 Å². The van der Waals surface area contributed by atoms with Crippen LogP contribution in [0.2, 0.25) is 0 Å². The van der Waals surface area contributed by atoms with Crippen LogP contribution in [0.15, 0.2) is 18.2 Å². The number of hydrogen-bond donors (Lipinski definition) is 2. The molecule has 1 atom stereocenters. The first kappa shape index (κ1) is 15.1. The van der Waals surface area contributed by atoms with Crippen LogP contribution in [-0.4, -0.2) is 22.7 Å². The van der Waals surface area contributed by atoms with Gasteiger partial charge in [0.2, 0.25) is 5.91 Å². The lowest BCUT2D eigenvalue weighted by Crippen LogP contribution is -2.23. The second kappa shape index (κ2) is 5.62. The molecule has 1 aliphatic rings. The first-order valence-electron chi connectivity index (χ1n) is 6.42. The van der Waals surface area contributed by atoms with Gasteiger partial charge in [-0.05, 0) is 38.0 Å². The summed E-state index contributed by atoms with van der Waals surface area (Å²) in [6.07, 6.45) is 0.455. The molecule has 0 spiro atoms. The third-order valence-electron chi connectivity index (χ3n) is 3.24. The summed E-state index contributed by atoms with van der Waals surface area (Å²) in [5.74, 6) is -0.775. The first-order valence-corrected chi connectivity index (χ1v) is 7.18. The van der Waals surface area contributed by atoms with Crippen molar-refractivity contribution in [2.24, 2.45) is 5.92 Å². The molecule has 0 bridgehead atoms. The minimum Gasteiger partial charge on any atom is -0.352 e. The van der Waals surface area contributed by atoms with Crippen molar-refractivity contribution in [1.29, 1.82) is 0 Å². The van der Waals surface area contributed by atoms with E-state index in [0.29, 0.717) is 24.2 Å². The standard InChI is InChI=1S/C14H16Cl2N2O2/c1-3-17-12(19)9-5-4-8(2)11(6-9)18-13(20)10-7-14(10,15)16/h4-6,10H,3,7H2,1-2H3,(H,17,19)(H,18,20). The van der Waals surface area contributed by atoms with Gasteiger partial charge < -0.3 is 10.6 Å². The Hall–Kier alpha value is -1.26. The van der Waals surface area contributed by atoms with E-state index in [1.807, 2.05) is 13.8 Å². The van der Waals surface area contributed by atoms with Crippen LogP contribution >= 0.6 is 23.2 Å². The van der Waals surface area contributed by atoms with Crippen LogP contribution in [0.4, 0.5) is 5.69 Å². The molecule has 1 aromatic carbocycles. The third-order valence-corrected chi connectivity index (χ3v) is 4.07. The average Bonchev–Trinajstić information content (AvgIpc) is 3.01. The highest BCUT2D eigenvalue weighted by molar-refractivity contribution is 6.52. The van der Waals surface area contributed by atoms with Crippen molar-refractivity contribution < 1.29 is 9.59 Å². The minimum absolute atomic E-state index is 0.168. The van der Waals surface area contributed by atoms with Gasteiger partial charge in [0.15, 0.2) is 0 Å². The predicted molar refractivity (Wildman–Crippen MR) is 80.4 cm³/mol. The summed E-state index contributed by atoms with van der Waals surface area (Å²) >= 11 is 11.7. The molecule has 1 unspecified atom stereocenters. The van der Waals surface area contributed by atoms with Gasteiger partial charge >= 0.3 is 0 Å². The molecule has 4 nitrogen and oxygen atoms in total. The summed E-state index contributed by atoms with van der Waals surface area (Å²) in [5.41, 5.74) is 1.99. The van der Waals surface area contributed by atoms with Gasteiger partial charge in [-0.1, -0.05) is 6.07 Å². The normalized spacial score (nSPS) is 19.3. The highest BCUT2D eigenvalue weighted by atomic mass is 35.5. The highest BCUT2D eigenvalue weighted by Gasteiger charge is 2.56. The van der Waals surface area contributed by atoms with Crippen LogP contribution in [-0.2, 0) is 4.79 Å². The largest absolute Gasteiger partial charge is 0.352 e. The molecule has 0 aliphatic heterocycles. The molecular formula is C14H16Cl2N2O2. The highest BCUT2D eigenvalue weighted by Crippen LogP contribution is 2.53. The molecule has 6 heteroatoms. The van der Waals surface area contributed by atoms with Gasteiger partial charge in [-0.25, -0.2) is 0 Å². The summed E-state index contributed by atoms with van der Waals surface area (Å²) in [4.78, 5) is 23.7. The number of carbonyl (C=O) groups excluding carboxylic acids is 2. The van der Waals surface area contributed by atoms with Gasteiger partial charge in [-0.15, -0.1) is 23.2 Å². The summed E-state index contributed by atoms with van der Waals surface area (Å²) in [7, 11) is 0. The zero-order valence-corrected chi connectivity index (χ0v) is 12.8. The topological polar surface area (TPSA) is 58.2 Å². The average molecular weight is 315 g/mol. The van der Waals surface area contributed by atoms with E-state index in [-0.39, 0.29) is 11.8 Å². The molecule has 0 aromatic heterocycles. The zero-order chi connectivity index (χ0) is 14.9. The SMILES string of the molecule is CCNC(=O)c1ccc(C)c(NC(=O)C2CC2(Cl)Cl)c1. The maximum atomic E-state index is 12.0. The fraction of sp³-hybridized carbons (Fsp3) is 0.429. The lowest BCUT2D eigenvalue weighted by molar-refractivity contribution is -0.117. The number of alkyl halides is 2. The fourth-order valence-corrected chi connectivity index (χ4v) is 2.38. The van der Waals surface area contributed by atoms with E-state index in [9.17, 15) is 9.59 Å². The van der Waals surface area contributed by atoms with Crippen molar-refractivity contribution in [1.82, 2.24) is 5.32 Å². The number of benzene rings is 1. The predicted octanol–water partition coefficient (Wildman–Crippen LogP) is 2.88. The molecule has 0 radical (unpaired) electrons. The van der Waals surface area contributed by atoms with Crippen molar-refractivity contribution in [2.45, 2.75) is 24.6 Å². The Morgan fingerprint density at radius 1 is 1.40 bits per heavy atom. The van der Waals surface area contributed by atoms with Crippen LogP contribution in [0, 0.1) is 12.8 Å². The van der Waals surface area contributed by atoms with Crippen LogP contribution in [0.5, 0.6) is 0 Å². The van der Waals surface area contributed by atoms with E-state index >= 15 is 0 Å². The zero-order valence-electron chi connectivity index (χ0n) is 11.3. The van der Waals surface area contributed by atoms with Crippen LogP contribution in [0.25, 0.3) is 0 Å². The molecule has 0 saturated heterocycles. The lowest BCUT2D eigenvalue weighted by Gasteiger charge is -2.10. The number of rotatable bonds is 4. The summed E-state index contributed by atoms with van der Waals surface area (Å²) in [6.45, 7) is 4.26. The molecule has 2 amide bonds. The molecule has 2 rings (SSSR count). The number of amides is 2. The van der Waals surface area contributed by atoms with Gasteiger partial charge in [0.05, 0.1) is 5.92 Å².